The molecule has 0 bridgehead atoms. The highest BCUT2D eigenvalue weighted by Gasteiger charge is 2.07. The van der Waals surface area contributed by atoms with Crippen LogP contribution in [0.15, 0.2) is 29.8 Å². The summed E-state index contributed by atoms with van der Waals surface area (Å²) in [4.78, 5) is 4.37. The molecule has 0 saturated carbocycles. The molecule has 0 aliphatic heterocycles. The lowest BCUT2D eigenvalue weighted by Crippen LogP contribution is -1.90. The molecule has 0 unspecified atom stereocenters. The average molecular weight is 217 g/mol. The SMILES string of the molecule is Cc1ccc(C(C)C)cc1-c1nccs1. The number of rotatable bonds is 2. The van der Waals surface area contributed by atoms with Gasteiger partial charge < -0.3 is 0 Å². The molecule has 78 valence electrons. The first kappa shape index (κ1) is 10.4. The normalized spacial score (nSPS) is 10.9. The van der Waals surface area contributed by atoms with Crippen LogP contribution in [0.3, 0.4) is 0 Å². The zero-order valence-corrected chi connectivity index (χ0v) is 10.1. The van der Waals surface area contributed by atoms with E-state index in [1.54, 1.807) is 11.3 Å². The molecule has 1 aromatic heterocycles. The Morgan fingerprint density at radius 1 is 1.27 bits per heavy atom. The Morgan fingerprint density at radius 2 is 2.07 bits per heavy atom. The van der Waals surface area contributed by atoms with Gasteiger partial charge in [-0.2, -0.15) is 0 Å². The van der Waals surface area contributed by atoms with Gasteiger partial charge in [0.2, 0.25) is 0 Å². The Kier molecular flexibility index (Phi) is 2.87. The standard InChI is InChI=1S/C13H15NS/c1-9(2)11-5-4-10(3)12(8-11)13-14-6-7-15-13/h4-9H,1-3H3. The van der Waals surface area contributed by atoms with E-state index < -0.39 is 0 Å². The predicted molar refractivity (Wildman–Crippen MR) is 66.4 cm³/mol. The van der Waals surface area contributed by atoms with Crippen LogP contribution in [0.25, 0.3) is 10.6 Å². The molecular formula is C13H15NS. The molecule has 0 spiro atoms. The molecule has 1 aromatic carbocycles. The Bertz CT molecular complexity index is 444. The summed E-state index contributed by atoms with van der Waals surface area (Å²) in [6, 6.07) is 6.65. The molecule has 0 saturated heterocycles. The highest BCUT2D eigenvalue weighted by atomic mass is 32.1. The lowest BCUT2D eigenvalue weighted by Gasteiger charge is -2.09. The van der Waals surface area contributed by atoms with Crippen LogP contribution in [0, 0.1) is 6.92 Å². The minimum Gasteiger partial charge on any atom is -0.245 e. The number of aryl methyl sites for hydroxylation is 1. The van der Waals surface area contributed by atoms with E-state index >= 15 is 0 Å². The highest BCUT2D eigenvalue weighted by molar-refractivity contribution is 7.13. The molecule has 2 rings (SSSR count). The molecule has 2 aromatic rings. The molecule has 0 aliphatic rings. The summed E-state index contributed by atoms with van der Waals surface area (Å²) in [5, 5.41) is 3.14. The second-order valence-electron chi connectivity index (χ2n) is 4.07. The molecular weight excluding hydrogens is 202 g/mol. The maximum absolute atomic E-state index is 4.37. The quantitative estimate of drug-likeness (QED) is 0.733. The van der Waals surface area contributed by atoms with Crippen LogP contribution >= 0.6 is 11.3 Å². The number of nitrogens with zero attached hydrogens (tertiary/aromatic N) is 1. The maximum Gasteiger partial charge on any atom is 0.123 e. The van der Waals surface area contributed by atoms with Crippen molar-refractivity contribution in [3.8, 4) is 10.6 Å². The second-order valence-corrected chi connectivity index (χ2v) is 4.96. The van der Waals surface area contributed by atoms with Gasteiger partial charge in [-0.15, -0.1) is 11.3 Å². The van der Waals surface area contributed by atoms with E-state index in [0.717, 1.165) is 5.01 Å². The van der Waals surface area contributed by atoms with E-state index in [9.17, 15) is 0 Å². The Hall–Kier alpha value is -1.15. The van der Waals surface area contributed by atoms with Gasteiger partial charge in [-0.25, -0.2) is 4.98 Å². The van der Waals surface area contributed by atoms with Crippen molar-refractivity contribution >= 4 is 11.3 Å². The summed E-state index contributed by atoms with van der Waals surface area (Å²) < 4.78 is 0. The van der Waals surface area contributed by atoms with E-state index in [0.29, 0.717) is 5.92 Å². The monoisotopic (exact) mass is 217 g/mol. The van der Waals surface area contributed by atoms with Crippen LogP contribution in [0.5, 0.6) is 0 Å². The number of benzene rings is 1. The van der Waals surface area contributed by atoms with Gasteiger partial charge in [0.15, 0.2) is 0 Å². The molecule has 0 atom stereocenters. The molecule has 0 fully saturated rings. The van der Waals surface area contributed by atoms with E-state index in [4.69, 9.17) is 0 Å². The van der Waals surface area contributed by atoms with Crippen LogP contribution in [-0.2, 0) is 0 Å². The van der Waals surface area contributed by atoms with Crippen molar-refractivity contribution in [1.29, 1.82) is 0 Å². The minimum absolute atomic E-state index is 0.573. The minimum atomic E-state index is 0.573. The van der Waals surface area contributed by atoms with Crippen LogP contribution < -0.4 is 0 Å². The van der Waals surface area contributed by atoms with Crippen LogP contribution in [0.4, 0.5) is 0 Å². The summed E-state index contributed by atoms with van der Waals surface area (Å²) in [7, 11) is 0. The molecule has 2 heteroatoms. The van der Waals surface area contributed by atoms with Gasteiger partial charge in [-0.3, -0.25) is 0 Å². The van der Waals surface area contributed by atoms with E-state index in [1.807, 2.05) is 11.6 Å². The lowest BCUT2D eigenvalue weighted by atomic mass is 9.98. The summed E-state index contributed by atoms with van der Waals surface area (Å²) in [5.74, 6) is 0.573. The summed E-state index contributed by atoms with van der Waals surface area (Å²) in [6.45, 7) is 6.58. The Morgan fingerprint density at radius 3 is 2.67 bits per heavy atom. The molecule has 0 aliphatic carbocycles. The van der Waals surface area contributed by atoms with E-state index in [1.165, 1.54) is 16.7 Å². The van der Waals surface area contributed by atoms with Crippen molar-refractivity contribution in [3.05, 3.63) is 40.9 Å². The average Bonchev–Trinajstić information content (AvgIpc) is 2.71. The molecule has 1 nitrogen and oxygen atoms in total. The van der Waals surface area contributed by atoms with Gasteiger partial charge in [0.05, 0.1) is 0 Å². The van der Waals surface area contributed by atoms with Crippen LogP contribution in [0.1, 0.15) is 30.9 Å². The van der Waals surface area contributed by atoms with Crippen molar-refractivity contribution in [2.75, 3.05) is 0 Å². The van der Waals surface area contributed by atoms with Crippen LogP contribution in [0.2, 0.25) is 0 Å². The zero-order valence-electron chi connectivity index (χ0n) is 9.32. The highest BCUT2D eigenvalue weighted by Crippen LogP contribution is 2.28. The van der Waals surface area contributed by atoms with Gasteiger partial charge >= 0.3 is 0 Å². The number of thiazole rings is 1. The van der Waals surface area contributed by atoms with E-state index in [2.05, 4.69) is 44.0 Å². The van der Waals surface area contributed by atoms with E-state index in [-0.39, 0.29) is 0 Å². The first-order valence-electron chi connectivity index (χ1n) is 5.19. The fourth-order valence-electron chi connectivity index (χ4n) is 1.59. The molecule has 15 heavy (non-hydrogen) atoms. The fraction of sp³-hybridized carbons (Fsp3) is 0.308. The second kappa shape index (κ2) is 4.15. The smallest absolute Gasteiger partial charge is 0.123 e. The predicted octanol–water partition coefficient (Wildman–Crippen LogP) is 4.24. The third-order valence-electron chi connectivity index (χ3n) is 2.59. The molecule has 1 heterocycles. The van der Waals surface area contributed by atoms with Gasteiger partial charge in [-0.05, 0) is 30.0 Å². The molecule has 0 radical (unpaired) electrons. The third kappa shape index (κ3) is 2.10. The van der Waals surface area contributed by atoms with Crippen molar-refractivity contribution < 1.29 is 0 Å². The summed E-state index contributed by atoms with van der Waals surface area (Å²) >= 11 is 1.70. The van der Waals surface area contributed by atoms with Gasteiger partial charge in [0.1, 0.15) is 5.01 Å². The topological polar surface area (TPSA) is 12.9 Å². The Labute approximate surface area is 94.8 Å². The van der Waals surface area contributed by atoms with Crippen molar-refractivity contribution in [1.82, 2.24) is 4.98 Å². The van der Waals surface area contributed by atoms with Crippen molar-refractivity contribution in [2.24, 2.45) is 0 Å². The maximum atomic E-state index is 4.37. The molecule has 0 amide bonds. The number of hydrogen-bond acceptors (Lipinski definition) is 2. The Balaban J connectivity index is 2.51. The largest absolute Gasteiger partial charge is 0.245 e. The van der Waals surface area contributed by atoms with Crippen molar-refractivity contribution in [2.45, 2.75) is 26.7 Å². The molecule has 0 N–H and O–H groups in total. The first-order valence-corrected chi connectivity index (χ1v) is 6.07. The zero-order chi connectivity index (χ0) is 10.8. The van der Waals surface area contributed by atoms with Crippen LogP contribution in [-0.4, -0.2) is 4.98 Å². The van der Waals surface area contributed by atoms with Gasteiger partial charge in [0, 0.05) is 17.1 Å². The lowest BCUT2D eigenvalue weighted by molar-refractivity contribution is 0.866. The number of aromatic nitrogens is 1. The third-order valence-corrected chi connectivity index (χ3v) is 3.40. The fourth-order valence-corrected chi connectivity index (χ4v) is 2.30. The van der Waals surface area contributed by atoms with Crippen molar-refractivity contribution in [3.63, 3.8) is 0 Å². The first-order chi connectivity index (χ1) is 7.18. The summed E-state index contributed by atoms with van der Waals surface area (Å²) in [6.07, 6.45) is 1.86. The number of hydrogen-bond donors (Lipinski definition) is 0. The van der Waals surface area contributed by atoms with Gasteiger partial charge in [-0.1, -0.05) is 26.0 Å². The van der Waals surface area contributed by atoms with Gasteiger partial charge in [0.25, 0.3) is 0 Å². The summed E-state index contributed by atoms with van der Waals surface area (Å²) in [5.41, 5.74) is 3.95.